The Morgan fingerprint density at radius 3 is 2.33 bits per heavy atom. The van der Waals surface area contributed by atoms with E-state index >= 15 is 0 Å². The molecular formula is C17H26N2O4S. The van der Waals surface area contributed by atoms with Gasteiger partial charge >= 0.3 is 0 Å². The molecule has 24 heavy (non-hydrogen) atoms. The first-order valence-corrected chi connectivity index (χ1v) is 10.3. The average molecular weight is 354 g/mol. The molecule has 0 saturated carbocycles. The van der Waals surface area contributed by atoms with Gasteiger partial charge < -0.3 is 9.47 Å². The second-order valence-corrected chi connectivity index (χ2v) is 8.69. The lowest BCUT2D eigenvalue weighted by Gasteiger charge is -2.37. The van der Waals surface area contributed by atoms with Crippen LogP contribution in [0.1, 0.15) is 6.42 Å². The molecule has 7 heteroatoms. The maximum Gasteiger partial charge on any atom is 0.151 e. The van der Waals surface area contributed by atoms with Crippen LogP contribution in [0.25, 0.3) is 0 Å². The van der Waals surface area contributed by atoms with E-state index in [1.807, 2.05) is 24.3 Å². The third kappa shape index (κ3) is 4.62. The molecule has 0 N–H and O–H groups in total. The second kappa shape index (κ2) is 7.72. The van der Waals surface area contributed by atoms with E-state index in [4.69, 9.17) is 9.47 Å². The smallest absolute Gasteiger partial charge is 0.151 e. The Bertz CT molecular complexity index is 624. The van der Waals surface area contributed by atoms with Crippen molar-refractivity contribution in [2.45, 2.75) is 12.5 Å². The molecule has 0 unspecified atom stereocenters. The summed E-state index contributed by atoms with van der Waals surface area (Å²) in [5, 5.41) is 0. The van der Waals surface area contributed by atoms with Gasteiger partial charge in [0.1, 0.15) is 18.1 Å². The predicted molar refractivity (Wildman–Crippen MR) is 93.6 cm³/mol. The highest BCUT2D eigenvalue weighted by molar-refractivity contribution is 7.91. The van der Waals surface area contributed by atoms with E-state index in [1.165, 1.54) is 0 Å². The van der Waals surface area contributed by atoms with E-state index in [0.29, 0.717) is 18.1 Å². The molecule has 2 aliphatic heterocycles. The van der Waals surface area contributed by atoms with Crippen LogP contribution >= 0.6 is 0 Å². The van der Waals surface area contributed by atoms with Gasteiger partial charge in [-0.3, -0.25) is 9.80 Å². The van der Waals surface area contributed by atoms with E-state index in [1.54, 1.807) is 7.11 Å². The van der Waals surface area contributed by atoms with Gasteiger partial charge in [0, 0.05) is 38.8 Å². The minimum absolute atomic E-state index is 0.229. The molecule has 1 atom stereocenters. The van der Waals surface area contributed by atoms with Crippen LogP contribution in [0, 0.1) is 0 Å². The van der Waals surface area contributed by atoms with E-state index in [-0.39, 0.29) is 6.04 Å². The van der Waals surface area contributed by atoms with Gasteiger partial charge in [-0.25, -0.2) is 8.42 Å². The molecule has 1 aromatic carbocycles. The van der Waals surface area contributed by atoms with Crippen LogP contribution < -0.4 is 9.47 Å². The standard InChI is InChI=1S/C17H26N2O4S/c1-22-16-2-4-17(5-3-16)23-12-11-18-7-9-19(10-8-18)15-6-13-24(20,21)14-15/h2-5,15H,6-14H2,1H3/t15-/m1/s1. The molecule has 2 aliphatic rings. The molecule has 134 valence electrons. The molecule has 2 saturated heterocycles. The van der Waals surface area contributed by atoms with Gasteiger partial charge in [-0.1, -0.05) is 0 Å². The van der Waals surface area contributed by atoms with Crippen molar-refractivity contribution >= 4 is 9.84 Å². The zero-order chi connectivity index (χ0) is 17.0. The number of nitrogens with zero attached hydrogens (tertiary/aromatic N) is 2. The van der Waals surface area contributed by atoms with Crippen molar-refractivity contribution < 1.29 is 17.9 Å². The molecular weight excluding hydrogens is 328 g/mol. The molecule has 0 aliphatic carbocycles. The first-order chi connectivity index (χ1) is 11.6. The van der Waals surface area contributed by atoms with Crippen LogP contribution in [0.5, 0.6) is 11.5 Å². The molecule has 6 nitrogen and oxygen atoms in total. The summed E-state index contributed by atoms with van der Waals surface area (Å²) in [6.07, 6.45) is 0.795. The Morgan fingerprint density at radius 2 is 1.75 bits per heavy atom. The number of rotatable bonds is 6. The SMILES string of the molecule is COc1ccc(OCCN2CCN([C@@H]3CCS(=O)(=O)C3)CC2)cc1. The van der Waals surface area contributed by atoms with Crippen LogP contribution in [0.15, 0.2) is 24.3 Å². The summed E-state index contributed by atoms with van der Waals surface area (Å²) in [5.41, 5.74) is 0. The molecule has 0 amide bonds. The summed E-state index contributed by atoms with van der Waals surface area (Å²) in [7, 11) is -1.14. The van der Waals surface area contributed by atoms with Gasteiger partial charge in [0.15, 0.2) is 9.84 Å². The monoisotopic (exact) mass is 354 g/mol. The third-order valence-corrected chi connectivity index (χ3v) is 6.62. The maximum atomic E-state index is 11.6. The van der Waals surface area contributed by atoms with Crippen LogP contribution in [0.2, 0.25) is 0 Å². The topological polar surface area (TPSA) is 59.1 Å². The number of sulfone groups is 1. The minimum Gasteiger partial charge on any atom is -0.497 e. The summed E-state index contributed by atoms with van der Waals surface area (Å²) < 4.78 is 34.1. The van der Waals surface area contributed by atoms with Crippen LogP contribution in [-0.4, -0.2) is 82.2 Å². The zero-order valence-electron chi connectivity index (χ0n) is 14.2. The van der Waals surface area contributed by atoms with Crippen LogP contribution in [-0.2, 0) is 9.84 Å². The Balaban J connectivity index is 1.36. The Morgan fingerprint density at radius 1 is 1.08 bits per heavy atom. The summed E-state index contributed by atoms with van der Waals surface area (Å²) >= 11 is 0. The lowest BCUT2D eigenvalue weighted by Crippen LogP contribution is -2.51. The Hall–Kier alpha value is -1.31. The fraction of sp³-hybridized carbons (Fsp3) is 0.647. The van der Waals surface area contributed by atoms with Gasteiger partial charge in [-0.2, -0.15) is 0 Å². The predicted octanol–water partition coefficient (Wildman–Crippen LogP) is 0.879. The number of ether oxygens (including phenoxy) is 2. The van der Waals surface area contributed by atoms with Crippen molar-refractivity contribution in [2.75, 3.05) is 57.9 Å². The molecule has 2 heterocycles. The highest BCUT2D eigenvalue weighted by Gasteiger charge is 2.33. The van der Waals surface area contributed by atoms with Crippen molar-refractivity contribution in [1.29, 1.82) is 0 Å². The number of benzene rings is 1. The second-order valence-electron chi connectivity index (χ2n) is 6.46. The van der Waals surface area contributed by atoms with Gasteiger partial charge in [-0.05, 0) is 30.7 Å². The van der Waals surface area contributed by atoms with Crippen molar-refractivity contribution in [3.8, 4) is 11.5 Å². The summed E-state index contributed by atoms with van der Waals surface area (Å²) in [5.74, 6) is 2.37. The van der Waals surface area contributed by atoms with Crippen LogP contribution in [0.4, 0.5) is 0 Å². The van der Waals surface area contributed by atoms with Crippen molar-refractivity contribution in [1.82, 2.24) is 9.80 Å². The molecule has 2 fully saturated rings. The Kier molecular flexibility index (Phi) is 5.63. The van der Waals surface area contributed by atoms with Crippen LogP contribution in [0.3, 0.4) is 0 Å². The lowest BCUT2D eigenvalue weighted by atomic mass is 10.2. The molecule has 3 rings (SSSR count). The quantitative estimate of drug-likeness (QED) is 0.756. The largest absolute Gasteiger partial charge is 0.497 e. The lowest BCUT2D eigenvalue weighted by molar-refractivity contribution is 0.0937. The highest BCUT2D eigenvalue weighted by Crippen LogP contribution is 2.19. The maximum absolute atomic E-state index is 11.6. The van der Waals surface area contributed by atoms with Gasteiger partial charge in [0.05, 0.1) is 18.6 Å². The summed E-state index contributed by atoms with van der Waals surface area (Å²) in [6, 6.07) is 7.84. The van der Waals surface area contributed by atoms with E-state index in [9.17, 15) is 8.42 Å². The highest BCUT2D eigenvalue weighted by atomic mass is 32.2. The van der Waals surface area contributed by atoms with E-state index < -0.39 is 9.84 Å². The normalized spacial score (nSPS) is 24.8. The summed E-state index contributed by atoms with van der Waals surface area (Å²) in [4.78, 5) is 4.72. The first-order valence-electron chi connectivity index (χ1n) is 8.49. The fourth-order valence-corrected chi connectivity index (χ4v) is 5.14. The van der Waals surface area contributed by atoms with Crippen molar-refractivity contribution in [2.24, 2.45) is 0 Å². The first kappa shape index (κ1) is 17.5. The van der Waals surface area contributed by atoms with Gasteiger partial charge in [0.25, 0.3) is 0 Å². The molecule has 1 aromatic rings. The number of methoxy groups -OCH3 is 1. The van der Waals surface area contributed by atoms with Gasteiger partial charge in [0.2, 0.25) is 0 Å². The number of piperazine rings is 1. The zero-order valence-corrected chi connectivity index (χ0v) is 15.0. The molecule has 0 bridgehead atoms. The third-order valence-electron chi connectivity index (χ3n) is 4.87. The van der Waals surface area contributed by atoms with Crippen molar-refractivity contribution in [3.63, 3.8) is 0 Å². The molecule has 0 aromatic heterocycles. The van der Waals surface area contributed by atoms with Gasteiger partial charge in [-0.15, -0.1) is 0 Å². The van der Waals surface area contributed by atoms with E-state index in [0.717, 1.165) is 50.6 Å². The minimum atomic E-state index is -2.79. The summed E-state index contributed by atoms with van der Waals surface area (Å²) in [6.45, 7) is 5.39. The molecule has 0 spiro atoms. The van der Waals surface area contributed by atoms with Crippen molar-refractivity contribution in [3.05, 3.63) is 24.3 Å². The average Bonchev–Trinajstić information content (AvgIpc) is 2.96. The molecule has 0 radical (unpaired) electrons. The fourth-order valence-electron chi connectivity index (χ4n) is 3.38. The Labute approximate surface area is 144 Å². The number of hydrogen-bond acceptors (Lipinski definition) is 6. The van der Waals surface area contributed by atoms with E-state index in [2.05, 4.69) is 9.80 Å². The number of hydrogen-bond donors (Lipinski definition) is 0.